The molecule has 1 N–H and O–H groups in total. The Morgan fingerprint density at radius 1 is 1.00 bits per heavy atom. The van der Waals surface area contributed by atoms with E-state index in [2.05, 4.69) is 33.0 Å². The molecule has 0 aromatic carbocycles. The van der Waals surface area contributed by atoms with Crippen LogP contribution in [0.5, 0.6) is 0 Å². The van der Waals surface area contributed by atoms with Crippen LogP contribution in [0.3, 0.4) is 0 Å². The SMILES string of the molecule is C.C1CCNC1.CC(C)(C)C.[2HH]. The van der Waals surface area contributed by atoms with Crippen molar-refractivity contribution in [2.24, 2.45) is 5.41 Å². The minimum Gasteiger partial charge on any atom is -0.317 e. The molecule has 0 atom stereocenters. The van der Waals surface area contributed by atoms with E-state index in [4.69, 9.17) is 0 Å². The normalized spacial score (nSPS) is 16.4. The first kappa shape index (κ1) is 13.5. The summed E-state index contributed by atoms with van der Waals surface area (Å²) in [7, 11) is 0. The fourth-order valence-corrected chi connectivity index (χ4v) is 0.625. The van der Waals surface area contributed by atoms with Gasteiger partial charge in [0.2, 0.25) is 0 Å². The van der Waals surface area contributed by atoms with Crippen LogP contribution < -0.4 is 5.32 Å². The van der Waals surface area contributed by atoms with E-state index in [1.807, 2.05) is 0 Å². The summed E-state index contributed by atoms with van der Waals surface area (Å²) >= 11 is 0. The molecule has 1 aliphatic rings. The third-order valence-corrected chi connectivity index (χ3v) is 0.957. The predicted octanol–water partition coefficient (Wildman–Crippen LogP) is 3.30. The molecule has 72 valence electrons. The van der Waals surface area contributed by atoms with Gasteiger partial charge in [-0.15, -0.1) is 0 Å². The zero-order valence-corrected chi connectivity index (χ0v) is 7.83. The Balaban J connectivity index is -0.000000116. The van der Waals surface area contributed by atoms with Gasteiger partial charge in [-0.25, -0.2) is 0 Å². The molecule has 1 saturated heterocycles. The van der Waals surface area contributed by atoms with Gasteiger partial charge in [0.25, 0.3) is 0 Å². The van der Waals surface area contributed by atoms with E-state index < -0.39 is 0 Å². The van der Waals surface area contributed by atoms with Crippen molar-refractivity contribution < 1.29 is 1.43 Å². The monoisotopic (exact) mass is 162 g/mol. The molecule has 0 unspecified atom stereocenters. The highest BCUT2D eigenvalue weighted by Crippen LogP contribution is 2.08. The van der Waals surface area contributed by atoms with E-state index in [1.54, 1.807) is 0 Å². The molecule has 1 rings (SSSR count). The summed E-state index contributed by atoms with van der Waals surface area (Å²) in [5.41, 5.74) is 0.500. The second-order valence-corrected chi connectivity index (χ2v) is 4.46. The molecule has 0 aromatic rings. The number of hydrogen-bond donors (Lipinski definition) is 1. The standard InChI is InChI=1S/C5H12.C4H9N.CH4.H2/c1-5(2,3)4;1-2-4-5-3-1;;/h1-4H3;5H,1-4H2;1H4;1H/i;;;1+1. The van der Waals surface area contributed by atoms with Crippen molar-refractivity contribution in [1.82, 2.24) is 5.32 Å². The molecule has 0 aliphatic carbocycles. The van der Waals surface area contributed by atoms with Crippen molar-refractivity contribution in [3.63, 3.8) is 0 Å². The highest BCUT2D eigenvalue weighted by molar-refractivity contribution is 4.55. The molecule has 1 aliphatic heterocycles. The molecule has 11 heavy (non-hydrogen) atoms. The minimum atomic E-state index is 0. The topological polar surface area (TPSA) is 12.0 Å². The van der Waals surface area contributed by atoms with Crippen LogP contribution >= 0.6 is 0 Å². The summed E-state index contributed by atoms with van der Waals surface area (Å²) < 4.78 is 0. The van der Waals surface area contributed by atoms with Crippen molar-refractivity contribution in [2.75, 3.05) is 13.1 Å². The van der Waals surface area contributed by atoms with E-state index >= 15 is 0 Å². The van der Waals surface area contributed by atoms with Crippen molar-refractivity contribution >= 4 is 0 Å². The maximum atomic E-state index is 3.22. The summed E-state index contributed by atoms with van der Waals surface area (Å²) in [6.45, 7) is 11.2. The lowest BCUT2D eigenvalue weighted by Crippen LogP contribution is -2.03. The Hall–Kier alpha value is -0.0400. The molecule has 0 spiro atoms. The molecule has 1 nitrogen and oxygen atoms in total. The van der Waals surface area contributed by atoms with Crippen LogP contribution in [0, 0.1) is 5.41 Å². The summed E-state index contributed by atoms with van der Waals surface area (Å²) in [5, 5.41) is 3.22. The van der Waals surface area contributed by atoms with Gasteiger partial charge >= 0.3 is 0 Å². The van der Waals surface area contributed by atoms with E-state index in [1.165, 1.54) is 25.9 Å². The molecule has 0 saturated carbocycles. The van der Waals surface area contributed by atoms with Gasteiger partial charge in [-0.1, -0.05) is 35.1 Å². The molecular weight excluding hydrogens is 134 g/mol. The van der Waals surface area contributed by atoms with Gasteiger partial charge in [0, 0.05) is 1.43 Å². The average Bonchev–Trinajstić information content (AvgIpc) is 2.07. The van der Waals surface area contributed by atoms with Gasteiger partial charge in [0.15, 0.2) is 0 Å². The molecule has 1 heterocycles. The second kappa shape index (κ2) is 6.66. The fourth-order valence-electron chi connectivity index (χ4n) is 0.625. The summed E-state index contributed by atoms with van der Waals surface area (Å²) in [4.78, 5) is 0. The Morgan fingerprint density at radius 2 is 1.27 bits per heavy atom. The molecule has 1 fully saturated rings. The Bertz CT molecular complexity index is 58.8. The Kier molecular flexibility index (Phi) is 8.20. The Labute approximate surface area is 74.1 Å². The van der Waals surface area contributed by atoms with Crippen LogP contribution in [0.25, 0.3) is 0 Å². The number of rotatable bonds is 0. The second-order valence-electron chi connectivity index (χ2n) is 4.46. The van der Waals surface area contributed by atoms with Gasteiger partial charge in [0.1, 0.15) is 0 Å². The van der Waals surface area contributed by atoms with Crippen LogP contribution in [-0.2, 0) is 0 Å². The highest BCUT2D eigenvalue weighted by atomic mass is 14.9. The maximum absolute atomic E-state index is 3.22. The van der Waals surface area contributed by atoms with E-state index in [-0.39, 0.29) is 8.85 Å². The van der Waals surface area contributed by atoms with Crippen LogP contribution in [-0.4, -0.2) is 13.1 Å². The van der Waals surface area contributed by atoms with E-state index in [0.717, 1.165) is 0 Å². The van der Waals surface area contributed by atoms with Crippen molar-refractivity contribution in [3.8, 4) is 0 Å². The minimum absolute atomic E-state index is 0. The largest absolute Gasteiger partial charge is 0.317 e. The van der Waals surface area contributed by atoms with Crippen molar-refractivity contribution in [2.45, 2.75) is 48.0 Å². The first-order valence-corrected chi connectivity index (χ1v) is 4.21. The smallest absolute Gasteiger partial charge is 0 e. The van der Waals surface area contributed by atoms with Crippen LogP contribution in [0.1, 0.15) is 49.4 Å². The molecular formula is C10H27N. The fraction of sp³-hybridized carbons (Fsp3) is 1.00. The van der Waals surface area contributed by atoms with Gasteiger partial charge in [-0.3, -0.25) is 0 Å². The summed E-state index contributed by atoms with van der Waals surface area (Å²) in [6, 6.07) is 0. The first-order valence-electron chi connectivity index (χ1n) is 4.21. The van der Waals surface area contributed by atoms with E-state index in [0.29, 0.717) is 5.41 Å². The van der Waals surface area contributed by atoms with Gasteiger partial charge < -0.3 is 5.32 Å². The number of hydrogen-bond acceptors (Lipinski definition) is 1. The lowest BCUT2D eigenvalue weighted by molar-refractivity contribution is 0.469. The zero-order valence-electron chi connectivity index (χ0n) is 7.83. The molecule has 0 amide bonds. The number of nitrogens with one attached hydrogen (secondary N) is 1. The van der Waals surface area contributed by atoms with Gasteiger partial charge in [-0.05, 0) is 31.3 Å². The lowest BCUT2D eigenvalue weighted by Gasteiger charge is -2.05. The van der Waals surface area contributed by atoms with Crippen LogP contribution in [0.15, 0.2) is 0 Å². The highest BCUT2D eigenvalue weighted by Gasteiger charge is 1.95. The Morgan fingerprint density at radius 3 is 1.36 bits per heavy atom. The third-order valence-electron chi connectivity index (χ3n) is 0.957. The molecule has 0 bridgehead atoms. The quantitative estimate of drug-likeness (QED) is 0.576. The van der Waals surface area contributed by atoms with Crippen LogP contribution in [0.2, 0.25) is 0 Å². The van der Waals surface area contributed by atoms with Gasteiger partial charge in [0.05, 0.1) is 0 Å². The molecule has 0 aromatic heterocycles. The summed E-state index contributed by atoms with van der Waals surface area (Å²) in [6.07, 6.45) is 2.78. The average molecular weight is 162 g/mol. The maximum Gasteiger partial charge on any atom is 0 e. The molecule has 0 radical (unpaired) electrons. The van der Waals surface area contributed by atoms with Crippen molar-refractivity contribution in [1.29, 1.82) is 0 Å². The lowest BCUT2D eigenvalue weighted by atomic mass is 10.0. The van der Waals surface area contributed by atoms with E-state index in [9.17, 15) is 0 Å². The van der Waals surface area contributed by atoms with Crippen LogP contribution in [0.4, 0.5) is 0 Å². The third kappa shape index (κ3) is 25.7. The van der Waals surface area contributed by atoms with Crippen molar-refractivity contribution in [3.05, 3.63) is 0 Å². The molecule has 1 heteroatoms. The summed E-state index contributed by atoms with van der Waals surface area (Å²) in [5.74, 6) is 0. The predicted molar refractivity (Wildman–Crippen MR) is 56.1 cm³/mol. The zero-order chi connectivity index (χ0) is 8.04. The van der Waals surface area contributed by atoms with Gasteiger partial charge in [-0.2, -0.15) is 0 Å². The first-order chi connectivity index (χ1) is 4.50.